The third kappa shape index (κ3) is 23.4. The van der Waals surface area contributed by atoms with Crippen molar-refractivity contribution in [2.45, 2.75) is 129 Å². The minimum Gasteiger partial charge on any atom is -0.480 e. The standard InChI is InChI=1S/C52H90N6O15/c1-11-37(4)46(42(66-9)35-44(60)58-21-15-18-41(58)47(67-10)38(5)48(61)54-40(50(63)64)34-39-16-13-12-14-17-39)57(8)49(62)45(36(2)3)55-51(65)52(6,7)56-43(59)19-22-68-24-26-70-28-30-72-32-33-73-31-29-71-27-25-69-23-20-53/h12-14,16-17,36-38,40-42,45-47H,11,15,18-35,53H2,1-10H3,(H,54,61)(H,55,65)(H,56,59)(H,63,64)/t37?,38?,40?,41-,42?,45?,46?,47?/m0/s1. The van der Waals surface area contributed by atoms with Crippen molar-refractivity contribution in [2.24, 2.45) is 23.5 Å². The van der Waals surface area contributed by atoms with Gasteiger partial charge in [0.25, 0.3) is 0 Å². The van der Waals surface area contributed by atoms with E-state index in [0.29, 0.717) is 98.4 Å². The summed E-state index contributed by atoms with van der Waals surface area (Å²) in [7, 11) is 4.62. The third-order valence-corrected chi connectivity index (χ3v) is 13.0. The highest BCUT2D eigenvalue weighted by molar-refractivity contribution is 5.94. The number of carbonyl (C=O) groups is 6. The number of methoxy groups -OCH3 is 2. The summed E-state index contributed by atoms with van der Waals surface area (Å²) in [4.78, 5) is 84.5. The predicted octanol–water partition coefficient (Wildman–Crippen LogP) is 2.20. The van der Waals surface area contributed by atoms with Crippen LogP contribution in [0.3, 0.4) is 0 Å². The molecule has 1 saturated heterocycles. The topological polar surface area (TPSA) is 265 Å². The van der Waals surface area contributed by atoms with E-state index in [1.807, 2.05) is 33.8 Å². The molecule has 0 radical (unpaired) electrons. The Morgan fingerprint density at radius 2 is 1.33 bits per heavy atom. The molecular formula is C52H90N6O15. The Bertz CT molecular complexity index is 1760. The van der Waals surface area contributed by atoms with E-state index in [1.54, 1.807) is 61.9 Å². The fourth-order valence-electron chi connectivity index (χ4n) is 8.63. The second-order valence-electron chi connectivity index (χ2n) is 19.3. The van der Waals surface area contributed by atoms with Crippen LogP contribution in [0.1, 0.15) is 86.1 Å². The molecule has 21 nitrogen and oxygen atoms in total. The molecule has 1 aliphatic rings. The lowest BCUT2D eigenvalue weighted by Crippen LogP contribution is -2.62. The van der Waals surface area contributed by atoms with Gasteiger partial charge in [0.15, 0.2) is 0 Å². The SMILES string of the molecule is CCC(C)C(C(CC(=O)N1CCC[C@H]1C(OC)C(C)C(=O)NC(Cc1ccccc1)C(=O)O)OC)N(C)C(=O)C(NC(=O)C(C)(C)NC(=O)CCOCCOCCOCCOCCOCCOCCN)C(C)C. The van der Waals surface area contributed by atoms with Crippen LogP contribution in [-0.2, 0) is 73.1 Å². The number of likely N-dealkylation sites (N-methyl/N-ethyl adjacent to an activating group) is 1. The molecule has 0 bridgehead atoms. The Kier molecular flexibility index (Phi) is 31.8. The Morgan fingerprint density at radius 3 is 1.81 bits per heavy atom. The second kappa shape index (κ2) is 35.8. The Hall–Kier alpha value is -4.32. The van der Waals surface area contributed by atoms with E-state index in [1.165, 1.54) is 14.2 Å². The monoisotopic (exact) mass is 1040 g/mol. The van der Waals surface area contributed by atoms with E-state index >= 15 is 0 Å². The highest BCUT2D eigenvalue weighted by Gasteiger charge is 2.44. The first kappa shape index (κ1) is 64.8. The molecule has 6 N–H and O–H groups in total. The highest BCUT2D eigenvalue weighted by atomic mass is 16.6. The maximum absolute atomic E-state index is 14.5. The number of hydrogen-bond donors (Lipinski definition) is 5. The van der Waals surface area contributed by atoms with Gasteiger partial charge in [-0.15, -0.1) is 0 Å². The lowest BCUT2D eigenvalue weighted by molar-refractivity contribution is -0.148. The summed E-state index contributed by atoms with van der Waals surface area (Å²) >= 11 is 0. The molecule has 2 rings (SSSR count). The minimum atomic E-state index is -1.38. The molecule has 0 aromatic heterocycles. The molecule has 1 aromatic rings. The number of hydrogen-bond acceptors (Lipinski definition) is 15. The highest BCUT2D eigenvalue weighted by Crippen LogP contribution is 2.30. The van der Waals surface area contributed by atoms with Gasteiger partial charge in [0, 0.05) is 47.2 Å². The fraction of sp³-hybridized carbons (Fsp3) is 0.769. The molecule has 418 valence electrons. The van der Waals surface area contributed by atoms with Crippen LogP contribution >= 0.6 is 0 Å². The number of aliphatic carboxylic acids is 1. The molecule has 0 aliphatic carbocycles. The summed E-state index contributed by atoms with van der Waals surface area (Å²) in [5.41, 5.74) is 4.74. The number of likely N-dealkylation sites (tertiary alicyclic amines) is 1. The molecular weight excluding hydrogens is 949 g/mol. The number of rotatable bonds is 40. The summed E-state index contributed by atoms with van der Waals surface area (Å²) in [6.45, 7) is 18.0. The lowest BCUT2D eigenvalue weighted by atomic mass is 9.89. The van der Waals surface area contributed by atoms with Crippen LogP contribution in [0.15, 0.2) is 30.3 Å². The number of amides is 5. The van der Waals surface area contributed by atoms with Gasteiger partial charge in [0.2, 0.25) is 29.5 Å². The molecule has 0 spiro atoms. The van der Waals surface area contributed by atoms with Crippen molar-refractivity contribution in [3.63, 3.8) is 0 Å². The summed E-state index contributed by atoms with van der Waals surface area (Å²) in [6, 6.07) is 5.83. The molecule has 21 heteroatoms. The fourth-order valence-corrected chi connectivity index (χ4v) is 8.63. The number of carbonyl (C=O) groups excluding carboxylic acids is 5. The van der Waals surface area contributed by atoms with E-state index in [-0.39, 0.29) is 56.1 Å². The van der Waals surface area contributed by atoms with Crippen molar-refractivity contribution < 1.29 is 71.8 Å². The average molecular weight is 1040 g/mol. The van der Waals surface area contributed by atoms with Crippen LogP contribution < -0.4 is 21.7 Å². The molecule has 1 aliphatic heterocycles. The maximum atomic E-state index is 14.5. The lowest BCUT2D eigenvalue weighted by Gasteiger charge is -2.41. The van der Waals surface area contributed by atoms with E-state index in [9.17, 15) is 33.9 Å². The molecule has 1 fully saturated rings. The second-order valence-corrected chi connectivity index (χ2v) is 19.3. The first-order valence-corrected chi connectivity index (χ1v) is 25.8. The Balaban J connectivity index is 1.92. The van der Waals surface area contributed by atoms with Gasteiger partial charge >= 0.3 is 5.97 Å². The minimum absolute atomic E-state index is 0.00300. The zero-order valence-corrected chi connectivity index (χ0v) is 45.4. The van der Waals surface area contributed by atoms with Crippen molar-refractivity contribution in [3.05, 3.63) is 35.9 Å². The van der Waals surface area contributed by atoms with Crippen LogP contribution in [0.2, 0.25) is 0 Å². The predicted molar refractivity (Wildman–Crippen MR) is 273 cm³/mol. The number of nitrogens with zero attached hydrogens (tertiary/aromatic N) is 2. The molecule has 8 atom stereocenters. The van der Waals surface area contributed by atoms with Crippen molar-refractivity contribution in [1.82, 2.24) is 25.8 Å². The van der Waals surface area contributed by atoms with Gasteiger partial charge in [-0.3, -0.25) is 24.0 Å². The first-order valence-electron chi connectivity index (χ1n) is 25.8. The van der Waals surface area contributed by atoms with E-state index in [4.69, 9.17) is 43.6 Å². The quantitative estimate of drug-likeness (QED) is 0.0590. The van der Waals surface area contributed by atoms with Gasteiger partial charge in [-0.2, -0.15) is 0 Å². The Labute approximate surface area is 433 Å². The van der Waals surface area contributed by atoms with Crippen LogP contribution in [0.25, 0.3) is 0 Å². The van der Waals surface area contributed by atoms with Crippen LogP contribution in [0.5, 0.6) is 0 Å². The number of benzene rings is 1. The van der Waals surface area contributed by atoms with Crippen molar-refractivity contribution in [1.29, 1.82) is 0 Å². The van der Waals surface area contributed by atoms with Gasteiger partial charge in [-0.25, -0.2) is 4.79 Å². The van der Waals surface area contributed by atoms with Crippen molar-refractivity contribution in [3.8, 4) is 0 Å². The Morgan fingerprint density at radius 1 is 0.795 bits per heavy atom. The van der Waals surface area contributed by atoms with E-state index in [2.05, 4.69) is 16.0 Å². The van der Waals surface area contributed by atoms with Gasteiger partial charge in [-0.05, 0) is 44.1 Å². The maximum Gasteiger partial charge on any atom is 0.326 e. The van der Waals surface area contributed by atoms with Crippen LogP contribution in [0, 0.1) is 17.8 Å². The largest absolute Gasteiger partial charge is 0.480 e. The summed E-state index contributed by atoms with van der Waals surface area (Å²) in [5, 5.41) is 18.3. The third-order valence-electron chi connectivity index (χ3n) is 13.0. The van der Waals surface area contributed by atoms with Gasteiger partial charge < -0.3 is 74.5 Å². The molecule has 7 unspecified atom stereocenters. The number of nitrogens with one attached hydrogen (secondary N) is 3. The summed E-state index contributed by atoms with van der Waals surface area (Å²) < 4.78 is 44.6. The smallest absolute Gasteiger partial charge is 0.326 e. The van der Waals surface area contributed by atoms with Crippen molar-refractivity contribution >= 4 is 35.5 Å². The normalized spacial score (nSPS) is 16.8. The molecule has 1 aromatic carbocycles. The van der Waals surface area contributed by atoms with Crippen LogP contribution in [-0.4, -0.2) is 206 Å². The van der Waals surface area contributed by atoms with Crippen molar-refractivity contribution in [2.75, 3.05) is 114 Å². The number of carboxylic acid groups (broad SMARTS) is 1. The molecule has 73 heavy (non-hydrogen) atoms. The molecule has 1 heterocycles. The van der Waals surface area contributed by atoms with Gasteiger partial charge in [-0.1, -0.05) is 71.4 Å². The van der Waals surface area contributed by atoms with Crippen LogP contribution in [0.4, 0.5) is 0 Å². The molecule has 0 saturated carbocycles. The average Bonchev–Trinajstić information content (AvgIpc) is 3.85. The van der Waals surface area contributed by atoms with E-state index in [0.717, 1.165) is 5.56 Å². The zero-order valence-electron chi connectivity index (χ0n) is 45.4. The number of carboxylic acids is 1. The summed E-state index contributed by atoms with van der Waals surface area (Å²) in [6.07, 6.45) is 0.413. The zero-order chi connectivity index (χ0) is 54.3. The summed E-state index contributed by atoms with van der Waals surface area (Å²) in [5.74, 6) is -4.53. The van der Waals surface area contributed by atoms with Gasteiger partial charge in [0.1, 0.15) is 17.6 Å². The van der Waals surface area contributed by atoms with E-state index < -0.39 is 71.5 Å². The number of nitrogens with two attached hydrogens (primary N) is 1. The van der Waals surface area contributed by atoms with Gasteiger partial charge in [0.05, 0.1) is 116 Å². The molecule has 5 amide bonds. The number of ether oxygens (including phenoxy) is 8. The first-order chi connectivity index (χ1) is 34.8.